The average molecular weight is 362 g/mol. The molecule has 0 fully saturated rings. The van der Waals surface area contributed by atoms with E-state index in [-0.39, 0.29) is 12.4 Å². The van der Waals surface area contributed by atoms with Gasteiger partial charge in [0.05, 0.1) is 0 Å². The molecule has 0 aromatic heterocycles. The van der Waals surface area contributed by atoms with Crippen LogP contribution >= 0.6 is 15.9 Å². The number of halogens is 4. The fourth-order valence-electron chi connectivity index (χ4n) is 1.58. The first-order valence-electron chi connectivity index (χ1n) is 5.86. The Labute approximate surface area is 127 Å². The average Bonchev–Trinajstić information content (AvgIpc) is 2.38. The molecular weight excluding hydrogens is 351 g/mol. The molecule has 0 radical (unpaired) electrons. The molecule has 0 saturated carbocycles. The first-order chi connectivity index (χ1) is 9.83. The Morgan fingerprint density at radius 3 is 2.19 bits per heavy atom. The van der Waals surface area contributed by atoms with E-state index in [0.29, 0.717) is 11.4 Å². The lowest BCUT2D eigenvalue weighted by Crippen LogP contribution is -2.16. The summed E-state index contributed by atoms with van der Waals surface area (Å²) in [5, 5.41) is 0. The molecule has 0 atom stereocenters. The van der Waals surface area contributed by atoms with E-state index in [4.69, 9.17) is 10.5 Å². The number of anilines is 1. The van der Waals surface area contributed by atoms with Gasteiger partial charge in [0.15, 0.2) is 0 Å². The lowest BCUT2D eigenvalue weighted by molar-refractivity contribution is -0.274. The van der Waals surface area contributed by atoms with Crippen LogP contribution in [-0.2, 0) is 6.61 Å². The third-order valence-electron chi connectivity index (χ3n) is 2.53. The number of rotatable bonds is 4. The predicted molar refractivity (Wildman–Crippen MR) is 76.0 cm³/mol. The summed E-state index contributed by atoms with van der Waals surface area (Å²) < 4.78 is 46.1. The smallest absolute Gasteiger partial charge is 0.489 e. The summed E-state index contributed by atoms with van der Waals surface area (Å²) >= 11 is 3.36. The second-order valence-electron chi connectivity index (χ2n) is 4.16. The molecule has 0 unspecified atom stereocenters. The second kappa shape index (κ2) is 6.26. The highest BCUT2D eigenvalue weighted by molar-refractivity contribution is 9.10. The monoisotopic (exact) mass is 361 g/mol. The molecule has 0 spiro atoms. The molecule has 3 nitrogen and oxygen atoms in total. The van der Waals surface area contributed by atoms with Crippen LogP contribution in [0.3, 0.4) is 0 Å². The largest absolute Gasteiger partial charge is 0.573 e. The van der Waals surface area contributed by atoms with Crippen molar-refractivity contribution in [1.29, 1.82) is 0 Å². The molecule has 2 N–H and O–H groups in total. The van der Waals surface area contributed by atoms with Gasteiger partial charge in [0, 0.05) is 15.7 Å². The minimum atomic E-state index is -4.70. The molecule has 0 aliphatic rings. The molecule has 0 bridgehead atoms. The third kappa shape index (κ3) is 4.86. The van der Waals surface area contributed by atoms with Crippen LogP contribution in [0.25, 0.3) is 0 Å². The van der Waals surface area contributed by atoms with Crippen LogP contribution in [0.4, 0.5) is 18.9 Å². The minimum Gasteiger partial charge on any atom is -0.489 e. The molecule has 7 heteroatoms. The van der Waals surface area contributed by atoms with E-state index in [0.717, 1.165) is 10.0 Å². The van der Waals surface area contributed by atoms with Gasteiger partial charge in [0.2, 0.25) is 0 Å². The van der Waals surface area contributed by atoms with Gasteiger partial charge in [-0.3, -0.25) is 0 Å². The maximum Gasteiger partial charge on any atom is 0.573 e. The van der Waals surface area contributed by atoms with Gasteiger partial charge in [-0.1, -0.05) is 22.0 Å². The summed E-state index contributed by atoms with van der Waals surface area (Å²) in [6.45, 7) is 0.264. The normalized spacial score (nSPS) is 11.2. The van der Waals surface area contributed by atoms with E-state index in [2.05, 4.69) is 20.7 Å². The first-order valence-corrected chi connectivity index (χ1v) is 6.65. The molecular formula is C14H11BrF3NO2. The van der Waals surface area contributed by atoms with Gasteiger partial charge in [-0.2, -0.15) is 0 Å². The van der Waals surface area contributed by atoms with Crippen molar-refractivity contribution in [2.24, 2.45) is 0 Å². The maximum atomic E-state index is 12.0. The van der Waals surface area contributed by atoms with Gasteiger partial charge in [-0.25, -0.2) is 0 Å². The number of alkyl halides is 3. The van der Waals surface area contributed by atoms with Crippen LogP contribution in [0.1, 0.15) is 5.56 Å². The van der Waals surface area contributed by atoms with Crippen molar-refractivity contribution in [2.75, 3.05) is 5.73 Å². The zero-order chi connectivity index (χ0) is 15.5. The van der Waals surface area contributed by atoms with E-state index in [1.807, 2.05) is 0 Å². The maximum absolute atomic E-state index is 12.0. The van der Waals surface area contributed by atoms with Crippen molar-refractivity contribution >= 4 is 21.6 Å². The van der Waals surface area contributed by atoms with Crippen molar-refractivity contribution in [3.63, 3.8) is 0 Å². The summed E-state index contributed by atoms with van der Waals surface area (Å²) in [4.78, 5) is 0. The van der Waals surface area contributed by atoms with Crippen molar-refractivity contribution in [3.8, 4) is 11.5 Å². The molecule has 2 aromatic carbocycles. The number of benzene rings is 2. The van der Waals surface area contributed by atoms with E-state index in [1.54, 1.807) is 18.2 Å². The molecule has 0 amide bonds. The molecule has 0 saturated heterocycles. The summed E-state index contributed by atoms with van der Waals surface area (Å²) in [5.74, 6) is 0.150. The highest BCUT2D eigenvalue weighted by Gasteiger charge is 2.30. The van der Waals surface area contributed by atoms with E-state index in [9.17, 15) is 13.2 Å². The predicted octanol–water partition coefficient (Wildman–Crippen LogP) is 4.51. The van der Waals surface area contributed by atoms with E-state index < -0.39 is 6.36 Å². The highest BCUT2D eigenvalue weighted by atomic mass is 79.9. The zero-order valence-corrected chi connectivity index (χ0v) is 12.2. The molecule has 0 aliphatic carbocycles. The van der Waals surface area contributed by atoms with Crippen LogP contribution in [0.5, 0.6) is 11.5 Å². The van der Waals surface area contributed by atoms with Crippen LogP contribution in [0, 0.1) is 0 Å². The summed E-state index contributed by atoms with van der Waals surface area (Å²) in [6, 6.07) is 10.5. The lowest BCUT2D eigenvalue weighted by atomic mass is 10.2. The van der Waals surface area contributed by atoms with Gasteiger partial charge in [-0.05, 0) is 36.4 Å². The Balaban J connectivity index is 1.97. The van der Waals surface area contributed by atoms with Gasteiger partial charge in [0.25, 0.3) is 0 Å². The number of hydrogen-bond donors (Lipinski definition) is 1. The van der Waals surface area contributed by atoms with Gasteiger partial charge < -0.3 is 15.2 Å². The Morgan fingerprint density at radius 1 is 1.00 bits per heavy atom. The quantitative estimate of drug-likeness (QED) is 0.814. The van der Waals surface area contributed by atoms with Gasteiger partial charge in [0.1, 0.15) is 18.1 Å². The van der Waals surface area contributed by atoms with E-state index in [1.165, 1.54) is 24.3 Å². The summed E-state index contributed by atoms with van der Waals surface area (Å²) in [5.41, 5.74) is 7.12. The Bertz CT molecular complexity index is 615. The van der Waals surface area contributed by atoms with Crippen molar-refractivity contribution in [2.45, 2.75) is 13.0 Å². The Hall–Kier alpha value is -1.89. The SMILES string of the molecule is Nc1ccc(COc2ccc(OC(F)(F)F)cc2)c(Br)c1. The molecule has 112 valence electrons. The van der Waals surface area contributed by atoms with Crippen LogP contribution in [0.2, 0.25) is 0 Å². The van der Waals surface area contributed by atoms with Crippen LogP contribution in [-0.4, -0.2) is 6.36 Å². The molecule has 0 aliphatic heterocycles. The number of nitrogen functional groups attached to an aromatic ring is 1. The molecule has 2 aromatic rings. The first kappa shape index (κ1) is 15.5. The Kier molecular flexibility index (Phi) is 4.62. The lowest BCUT2D eigenvalue weighted by Gasteiger charge is -2.11. The van der Waals surface area contributed by atoms with Gasteiger partial charge in [-0.15, -0.1) is 13.2 Å². The number of nitrogens with two attached hydrogens (primary N) is 1. The molecule has 21 heavy (non-hydrogen) atoms. The van der Waals surface area contributed by atoms with Crippen LogP contribution < -0.4 is 15.2 Å². The third-order valence-corrected chi connectivity index (χ3v) is 3.27. The number of hydrogen-bond acceptors (Lipinski definition) is 3. The summed E-state index contributed by atoms with van der Waals surface area (Å²) in [6.07, 6.45) is -4.70. The fourth-order valence-corrected chi connectivity index (χ4v) is 2.09. The van der Waals surface area contributed by atoms with Crippen molar-refractivity contribution in [1.82, 2.24) is 0 Å². The minimum absolute atomic E-state index is 0.264. The fraction of sp³-hybridized carbons (Fsp3) is 0.143. The molecule has 2 rings (SSSR count). The van der Waals surface area contributed by atoms with Crippen LogP contribution in [0.15, 0.2) is 46.9 Å². The summed E-state index contributed by atoms with van der Waals surface area (Å²) in [7, 11) is 0. The topological polar surface area (TPSA) is 44.5 Å². The second-order valence-corrected chi connectivity index (χ2v) is 5.01. The highest BCUT2D eigenvalue weighted by Crippen LogP contribution is 2.26. The van der Waals surface area contributed by atoms with Gasteiger partial charge >= 0.3 is 6.36 Å². The number of ether oxygens (including phenoxy) is 2. The van der Waals surface area contributed by atoms with E-state index >= 15 is 0 Å². The zero-order valence-electron chi connectivity index (χ0n) is 10.7. The standard InChI is InChI=1S/C14H11BrF3NO2/c15-13-7-10(19)2-1-9(13)8-20-11-3-5-12(6-4-11)21-14(16,17)18/h1-7H,8,19H2. The molecule has 0 heterocycles. The Morgan fingerprint density at radius 2 is 1.62 bits per heavy atom. The van der Waals surface area contributed by atoms with Crippen molar-refractivity contribution < 1.29 is 22.6 Å². The van der Waals surface area contributed by atoms with Crippen molar-refractivity contribution in [3.05, 3.63) is 52.5 Å².